The lowest BCUT2D eigenvalue weighted by atomic mass is 9.97. The predicted molar refractivity (Wildman–Crippen MR) is 62.5 cm³/mol. The Hall–Kier alpha value is -2.61. The van der Waals surface area contributed by atoms with Crippen LogP contribution in [0.2, 0.25) is 0 Å². The fourth-order valence-corrected chi connectivity index (χ4v) is 1.88. The molecule has 0 saturated carbocycles. The second-order valence-corrected chi connectivity index (χ2v) is 3.93. The third kappa shape index (κ3) is 2.23. The smallest absolute Gasteiger partial charge is 0.411 e. The van der Waals surface area contributed by atoms with Crippen LogP contribution in [-0.2, 0) is 4.79 Å². The highest BCUT2D eigenvalue weighted by molar-refractivity contribution is 5.92. The SMILES string of the molecule is N#Cc1ccc(C2CC(=O)C=CN2C(=O)O)cc1. The van der Waals surface area contributed by atoms with Gasteiger partial charge in [-0.2, -0.15) is 5.26 Å². The van der Waals surface area contributed by atoms with Crippen LogP contribution in [0, 0.1) is 11.3 Å². The van der Waals surface area contributed by atoms with Crippen LogP contribution in [0.15, 0.2) is 36.5 Å². The summed E-state index contributed by atoms with van der Waals surface area (Å²) in [6.07, 6.45) is 1.55. The lowest BCUT2D eigenvalue weighted by molar-refractivity contribution is -0.116. The van der Waals surface area contributed by atoms with Crippen molar-refractivity contribution < 1.29 is 14.7 Å². The highest BCUT2D eigenvalue weighted by Gasteiger charge is 2.28. The molecule has 1 atom stereocenters. The number of carbonyl (C=O) groups excluding carboxylic acids is 1. The fourth-order valence-electron chi connectivity index (χ4n) is 1.88. The van der Waals surface area contributed by atoms with Gasteiger partial charge in [-0.05, 0) is 23.8 Å². The van der Waals surface area contributed by atoms with E-state index >= 15 is 0 Å². The van der Waals surface area contributed by atoms with Crippen molar-refractivity contribution in [2.45, 2.75) is 12.5 Å². The molecule has 0 saturated heterocycles. The van der Waals surface area contributed by atoms with Gasteiger partial charge in [0, 0.05) is 12.6 Å². The van der Waals surface area contributed by atoms with E-state index in [0.717, 1.165) is 4.90 Å². The molecule has 18 heavy (non-hydrogen) atoms. The summed E-state index contributed by atoms with van der Waals surface area (Å²) in [7, 11) is 0. The average Bonchev–Trinajstić information content (AvgIpc) is 2.38. The van der Waals surface area contributed by atoms with Gasteiger partial charge in [-0.15, -0.1) is 0 Å². The number of ketones is 1. The predicted octanol–water partition coefficient (Wildman–Crippen LogP) is 2.07. The highest BCUT2D eigenvalue weighted by Crippen LogP contribution is 2.28. The molecule has 0 aromatic heterocycles. The number of rotatable bonds is 1. The van der Waals surface area contributed by atoms with Crippen molar-refractivity contribution in [2.24, 2.45) is 0 Å². The van der Waals surface area contributed by atoms with Gasteiger partial charge in [-0.3, -0.25) is 9.69 Å². The standard InChI is InChI=1S/C13H10N2O3/c14-8-9-1-3-10(4-2-9)12-7-11(16)5-6-15(12)13(17)18/h1-6,12H,7H2,(H,17,18). The number of nitriles is 1. The van der Waals surface area contributed by atoms with E-state index in [9.17, 15) is 9.59 Å². The van der Waals surface area contributed by atoms with Crippen molar-refractivity contribution >= 4 is 11.9 Å². The molecule has 1 aromatic rings. The molecule has 1 N–H and O–H groups in total. The van der Waals surface area contributed by atoms with Crippen molar-refractivity contribution in [1.29, 1.82) is 5.26 Å². The quantitative estimate of drug-likeness (QED) is 0.817. The Morgan fingerprint density at radius 1 is 1.39 bits per heavy atom. The first-order chi connectivity index (χ1) is 8.61. The Morgan fingerprint density at radius 3 is 2.61 bits per heavy atom. The first kappa shape index (κ1) is 11.9. The fraction of sp³-hybridized carbons (Fsp3) is 0.154. The molecule has 5 heteroatoms. The minimum atomic E-state index is -1.10. The van der Waals surface area contributed by atoms with Gasteiger partial charge < -0.3 is 5.11 Å². The summed E-state index contributed by atoms with van der Waals surface area (Å²) in [6, 6.07) is 8.03. The summed E-state index contributed by atoms with van der Waals surface area (Å²) in [5.41, 5.74) is 1.20. The average molecular weight is 242 g/mol. The maximum Gasteiger partial charge on any atom is 0.411 e. The molecule has 1 aliphatic heterocycles. The normalized spacial score (nSPS) is 18.5. The molecule has 0 fully saturated rings. The van der Waals surface area contributed by atoms with Crippen LogP contribution in [0.3, 0.4) is 0 Å². The van der Waals surface area contributed by atoms with E-state index < -0.39 is 12.1 Å². The molecule has 1 heterocycles. The second-order valence-electron chi connectivity index (χ2n) is 3.93. The molecule has 2 rings (SSSR count). The first-order valence-electron chi connectivity index (χ1n) is 5.34. The topological polar surface area (TPSA) is 81.4 Å². The van der Waals surface area contributed by atoms with Crippen molar-refractivity contribution in [3.05, 3.63) is 47.7 Å². The maximum atomic E-state index is 11.4. The van der Waals surface area contributed by atoms with Crippen molar-refractivity contribution in [2.75, 3.05) is 0 Å². The van der Waals surface area contributed by atoms with Gasteiger partial charge >= 0.3 is 6.09 Å². The van der Waals surface area contributed by atoms with Crippen molar-refractivity contribution in [1.82, 2.24) is 4.90 Å². The number of hydrogen-bond acceptors (Lipinski definition) is 3. The van der Waals surface area contributed by atoms with Crippen LogP contribution in [0.25, 0.3) is 0 Å². The molecule has 90 valence electrons. The van der Waals surface area contributed by atoms with Gasteiger partial charge in [0.1, 0.15) is 0 Å². The Bertz CT molecular complexity index is 555. The Labute approximate surface area is 104 Å². The molecule has 1 unspecified atom stereocenters. The van der Waals surface area contributed by atoms with E-state index in [1.807, 2.05) is 6.07 Å². The molecular formula is C13H10N2O3. The lowest BCUT2D eigenvalue weighted by Gasteiger charge is -2.28. The van der Waals surface area contributed by atoms with Crippen LogP contribution in [-0.4, -0.2) is 21.9 Å². The molecule has 0 bridgehead atoms. The van der Waals surface area contributed by atoms with Gasteiger partial charge in [0.25, 0.3) is 0 Å². The molecule has 0 spiro atoms. The summed E-state index contributed by atoms with van der Waals surface area (Å²) in [5.74, 6) is -0.109. The van der Waals surface area contributed by atoms with Gasteiger partial charge in [-0.1, -0.05) is 12.1 Å². The lowest BCUT2D eigenvalue weighted by Crippen LogP contribution is -2.33. The first-order valence-corrected chi connectivity index (χ1v) is 5.34. The van der Waals surface area contributed by atoms with E-state index in [1.165, 1.54) is 12.3 Å². The van der Waals surface area contributed by atoms with E-state index in [2.05, 4.69) is 0 Å². The second kappa shape index (κ2) is 4.72. The zero-order valence-corrected chi connectivity index (χ0v) is 9.41. The zero-order chi connectivity index (χ0) is 13.1. The summed E-state index contributed by atoms with van der Waals surface area (Å²) in [4.78, 5) is 23.6. The maximum absolute atomic E-state index is 11.4. The highest BCUT2D eigenvalue weighted by atomic mass is 16.4. The Balaban J connectivity index is 2.34. The monoisotopic (exact) mass is 242 g/mol. The van der Waals surface area contributed by atoms with Gasteiger partial charge in [0.05, 0.1) is 17.7 Å². The summed E-state index contributed by atoms with van der Waals surface area (Å²) in [5, 5.41) is 17.8. The summed E-state index contributed by atoms with van der Waals surface area (Å²) < 4.78 is 0. The van der Waals surface area contributed by atoms with Gasteiger partial charge in [0.2, 0.25) is 0 Å². The van der Waals surface area contributed by atoms with Gasteiger partial charge in [0.15, 0.2) is 5.78 Å². The van der Waals surface area contributed by atoms with Crippen LogP contribution in [0.4, 0.5) is 4.79 Å². The third-order valence-electron chi connectivity index (χ3n) is 2.80. The van der Waals surface area contributed by atoms with Crippen LogP contribution < -0.4 is 0 Å². The molecular weight excluding hydrogens is 232 g/mol. The van der Waals surface area contributed by atoms with Gasteiger partial charge in [-0.25, -0.2) is 4.79 Å². The van der Waals surface area contributed by atoms with E-state index in [1.54, 1.807) is 24.3 Å². The minimum Gasteiger partial charge on any atom is -0.465 e. The Morgan fingerprint density at radius 2 is 2.06 bits per heavy atom. The number of nitrogens with zero attached hydrogens (tertiary/aromatic N) is 2. The van der Waals surface area contributed by atoms with Crippen LogP contribution in [0.1, 0.15) is 23.6 Å². The Kier molecular flexibility index (Phi) is 3.11. The van der Waals surface area contributed by atoms with Crippen LogP contribution >= 0.6 is 0 Å². The van der Waals surface area contributed by atoms with E-state index in [4.69, 9.17) is 10.4 Å². The summed E-state index contributed by atoms with van der Waals surface area (Å²) in [6.45, 7) is 0. The third-order valence-corrected chi connectivity index (χ3v) is 2.80. The molecule has 1 aromatic carbocycles. The number of carboxylic acid groups (broad SMARTS) is 1. The number of carbonyl (C=O) groups is 2. The number of allylic oxidation sites excluding steroid dienone is 1. The molecule has 5 nitrogen and oxygen atoms in total. The molecule has 0 aliphatic carbocycles. The van der Waals surface area contributed by atoms with E-state index in [-0.39, 0.29) is 12.2 Å². The number of benzene rings is 1. The summed E-state index contributed by atoms with van der Waals surface area (Å²) >= 11 is 0. The number of hydrogen-bond donors (Lipinski definition) is 1. The van der Waals surface area contributed by atoms with Crippen molar-refractivity contribution in [3.63, 3.8) is 0 Å². The minimum absolute atomic E-state index is 0.109. The van der Waals surface area contributed by atoms with E-state index in [0.29, 0.717) is 11.1 Å². The number of amides is 1. The molecule has 0 radical (unpaired) electrons. The van der Waals surface area contributed by atoms with Crippen LogP contribution in [0.5, 0.6) is 0 Å². The van der Waals surface area contributed by atoms with Crippen molar-refractivity contribution in [3.8, 4) is 6.07 Å². The largest absolute Gasteiger partial charge is 0.465 e. The zero-order valence-electron chi connectivity index (χ0n) is 9.41. The molecule has 1 aliphatic rings. The molecule has 1 amide bonds.